The molecule has 1 fully saturated rings. The first-order valence-corrected chi connectivity index (χ1v) is 7.13. The Morgan fingerprint density at radius 2 is 2.10 bits per heavy atom. The predicted octanol–water partition coefficient (Wildman–Crippen LogP) is 2.31. The highest BCUT2D eigenvalue weighted by atomic mass is 16.1. The molecule has 1 atom stereocenters. The van der Waals surface area contributed by atoms with Crippen LogP contribution in [-0.2, 0) is 0 Å². The molecule has 2 rings (SSSR count). The summed E-state index contributed by atoms with van der Waals surface area (Å²) < 4.78 is 0. The predicted molar refractivity (Wildman–Crippen MR) is 81.3 cm³/mol. The summed E-state index contributed by atoms with van der Waals surface area (Å²) in [6.45, 7) is 4.78. The molecule has 3 N–H and O–H groups in total. The van der Waals surface area contributed by atoms with Crippen LogP contribution < -0.4 is 11.1 Å². The molecule has 0 aliphatic heterocycles. The van der Waals surface area contributed by atoms with Gasteiger partial charge in [-0.25, -0.2) is 0 Å². The van der Waals surface area contributed by atoms with Gasteiger partial charge in [0.05, 0.1) is 6.54 Å². The van der Waals surface area contributed by atoms with Gasteiger partial charge in [0, 0.05) is 17.2 Å². The van der Waals surface area contributed by atoms with Crippen molar-refractivity contribution in [3.05, 3.63) is 35.4 Å². The zero-order valence-electron chi connectivity index (χ0n) is 12.2. The lowest BCUT2D eigenvalue weighted by Gasteiger charge is -2.27. The summed E-state index contributed by atoms with van der Waals surface area (Å²) in [5, 5.41) is 3.15. The van der Waals surface area contributed by atoms with Crippen molar-refractivity contribution < 1.29 is 4.79 Å². The number of rotatable bonds is 2. The third kappa shape index (κ3) is 3.40. The molecule has 1 aliphatic rings. The lowest BCUT2D eigenvalue weighted by atomic mass is 9.87. The van der Waals surface area contributed by atoms with E-state index in [1.165, 1.54) is 12.8 Å². The molecule has 1 unspecified atom stereocenters. The van der Waals surface area contributed by atoms with E-state index in [0.717, 1.165) is 12.0 Å². The van der Waals surface area contributed by atoms with E-state index in [0.29, 0.717) is 12.1 Å². The molecule has 1 saturated carbocycles. The van der Waals surface area contributed by atoms with E-state index in [9.17, 15) is 4.79 Å². The van der Waals surface area contributed by atoms with Gasteiger partial charge in [0.15, 0.2) is 0 Å². The molecule has 0 spiro atoms. The van der Waals surface area contributed by atoms with Gasteiger partial charge >= 0.3 is 0 Å². The minimum Gasteiger partial charge on any atom is -0.349 e. The van der Waals surface area contributed by atoms with E-state index in [-0.39, 0.29) is 17.4 Å². The number of amides is 1. The Hall–Kier alpha value is -1.79. The average Bonchev–Trinajstić information content (AvgIpc) is 2.76. The quantitative estimate of drug-likeness (QED) is 0.810. The number of carbonyl (C=O) groups is 1. The van der Waals surface area contributed by atoms with Crippen LogP contribution in [0.1, 0.15) is 49.0 Å². The Bertz CT molecular complexity index is 534. The largest absolute Gasteiger partial charge is 0.349 e. The van der Waals surface area contributed by atoms with Gasteiger partial charge in [-0.3, -0.25) is 4.79 Å². The van der Waals surface area contributed by atoms with Gasteiger partial charge in [0.2, 0.25) is 0 Å². The maximum Gasteiger partial charge on any atom is 0.251 e. The first-order valence-electron chi connectivity index (χ1n) is 7.13. The molecule has 1 aliphatic carbocycles. The lowest BCUT2D eigenvalue weighted by Crippen LogP contribution is -2.41. The molecular formula is C17H22N2O. The molecule has 1 amide bonds. The van der Waals surface area contributed by atoms with Crippen LogP contribution in [0.15, 0.2) is 24.3 Å². The van der Waals surface area contributed by atoms with Crippen molar-refractivity contribution in [3.8, 4) is 11.8 Å². The van der Waals surface area contributed by atoms with Crippen molar-refractivity contribution in [3.63, 3.8) is 0 Å². The van der Waals surface area contributed by atoms with Gasteiger partial charge in [0.25, 0.3) is 5.91 Å². The fraction of sp³-hybridized carbons (Fsp3) is 0.471. The van der Waals surface area contributed by atoms with E-state index in [4.69, 9.17) is 5.73 Å². The van der Waals surface area contributed by atoms with Gasteiger partial charge in [0.1, 0.15) is 0 Å². The van der Waals surface area contributed by atoms with Crippen LogP contribution in [-0.4, -0.2) is 18.5 Å². The Kier molecular flexibility index (Phi) is 4.46. The van der Waals surface area contributed by atoms with Crippen LogP contribution in [0.5, 0.6) is 0 Å². The van der Waals surface area contributed by atoms with Gasteiger partial charge in [-0.1, -0.05) is 32.1 Å². The Morgan fingerprint density at radius 3 is 2.65 bits per heavy atom. The maximum atomic E-state index is 12.2. The topological polar surface area (TPSA) is 55.1 Å². The molecule has 1 aromatic carbocycles. The van der Waals surface area contributed by atoms with Crippen LogP contribution in [0.2, 0.25) is 0 Å². The molecule has 3 nitrogen and oxygen atoms in total. The summed E-state index contributed by atoms with van der Waals surface area (Å²) in [5.41, 5.74) is 7.10. The molecule has 3 heteroatoms. The molecule has 1 aromatic rings. The first-order chi connectivity index (χ1) is 9.53. The van der Waals surface area contributed by atoms with Gasteiger partial charge in [-0.05, 0) is 42.5 Å². The normalized spacial score (nSPS) is 20.1. The zero-order valence-corrected chi connectivity index (χ0v) is 12.2. The second-order valence-corrected chi connectivity index (χ2v) is 5.99. The maximum absolute atomic E-state index is 12.2. The first kappa shape index (κ1) is 14.6. The van der Waals surface area contributed by atoms with E-state index in [2.05, 4.69) is 31.0 Å². The van der Waals surface area contributed by atoms with Crippen molar-refractivity contribution in [2.24, 2.45) is 11.1 Å². The van der Waals surface area contributed by atoms with E-state index in [1.807, 2.05) is 24.3 Å². The summed E-state index contributed by atoms with van der Waals surface area (Å²) in [4.78, 5) is 12.2. The van der Waals surface area contributed by atoms with Crippen molar-refractivity contribution >= 4 is 5.91 Å². The second-order valence-electron chi connectivity index (χ2n) is 5.99. The smallest absolute Gasteiger partial charge is 0.251 e. The summed E-state index contributed by atoms with van der Waals surface area (Å²) in [6, 6.07) is 7.62. The molecule has 20 heavy (non-hydrogen) atoms. The van der Waals surface area contributed by atoms with Gasteiger partial charge < -0.3 is 11.1 Å². The fourth-order valence-corrected chi connectivity index (χ4v) is 2.69. The third-order valence-corrected chi connectivity index (χ3v) is 4.04. The Morgan fingerprint density at radius 1 is 1.40 bits per heavy atom. The van der Waals surface area contributed by atoms with Crippen LogP contribution in [0.4, 0.5) is 0 Å². The van der Waals surface area contributed by atoms with E-state index >= 15 is 0 Å². The highest BCUT2D eigenvalue weighted by molar-refractivity contribution is 5.94. The molecule has 0 heterocycles. The molecule has 0 radical (unpaired) electrons. The average molecular weight is 270 g/mol. The number of carbonyl (C=O) groups excluding carboxylic acids is 1. The van der Waals surface area contributed by atoms with Crippen LogP contribution in [0.25, 0.3) is 0 Å². The molecule has 0 saturated heterocycles. The molecular weight excluding hydrogens is 248 g/mol. The Labute approximate surface area is 120 Å². The van der Waals surface area contributed by atoms with Gasteiger partial charge in [-0.2, -0.15) is 0 Å². The highest BCUT2D eigenvalue weighted by Gasteiger charge is 2.35. The fourth-order valence-electron chi connectivity index (χ4n) is 2.69. The zero-order chi connectivity index (χ0) is 14.6. The van der Waals surface area contributed by atoms with Crippen LogP contribution >= 0.6 is 0 Å². The number of hydrogen-bond donors (Lipinski definition) is 2. The third-order valence-electron chi connectivity index (χ3n) is 4.04. The van der Waals surface area contributed by atoms with Crippen molar-refractivity contribution in [2.75, 3.05) is 6.54 Å². The van der Waals surface area contributed by atoms with E-state index in [1.54, 1.807) is 0 Å². The monoisotopic (exact) mass is 270 g/mol. The van der Waals surface area contributed by atoms with Crippen molar-refractivity contribution in [1.82, 2.24) is 5.32 Å². The van der Waals surface area contributed by atoms with E-state index < -0.39 is 0 Å². The SMILES string of the molecule is CC1(C)CCCC1NC(=O)c1ccc(C#CCN)cc1. The highest BCUT2D eigenvalue weighted by Crippen LogP contribution is 2.37. The molecule has 106 valence electrons. The van der Waals surface area contributed by atoms with Crippen molar-refractivity contribution in [2.45, 2.75) is 39.2 Å². The summed E-state index contributed by atoms with van der Waals surface area (Å²) in [5.74, 6) is 5.75. The minimum absolute atomic E-state index is 0.00306. The summed E-state index contributed by atoms with van der Waals surface area (Å²) in [7, 11) is 0. The van der Waals surface area contributed by atoms with Crippen LogP contribution in [0, 0.1) is 17.3 Å². The summed E-state index contributed by atoms with van der Waals surface area (Å²) in [6.07, 6.45) is 3.43. The van der Waals surface area contributed by atoms with Crippen molar-refractivity contribution in [1.29, 1.82) is 0 Å². The molecule has 0 bridgehead atoms. The second kappa shape index (κ2) is 6.11. The number of nitrogens with one attached hydrogen (secondary N) is 1. The molecule has 0 aromatic heterocycles. The summed E-state index contributed by atoms with van der Waals surface area (Å²) >= 11 is 0. The lowest BCUT2D eigenvalue weighted by molar-refractivity contribution is 0.0910. The van der Waals surface area contributed by atoms with Crippen LogP contribution in [0.3, 0.4) is 0 Å². The number of nitrogens with two attached hydrogens (primary N) is 1. The Balaban J connectivity index is 2.02. The number of benzene rings is 1. The number of hydrogen-bond acceptors (Lipinski definition) is 2. The minimum atomic E-state index is 0.00306. The van der Waals surface area contributed by atoms with Gasteiger partial charge in [-0.15, -0.1) is 0 Å². The standard InChI is InChI=1S/C17H22N2O/c1-17(2)11-3-6-15(17)19-16(20)14-9-7-13(8-10-14)5-4-12-18/h7-10,15H,3,6,11-12,18H2,1-2H3,(H,19,20).